The molecule has 0 saturated heterocycles. The highest BCUT2D eigenvalue weighted by atomic mass is 35.5. The van der Waals surface area contributed by atoms with E-state index in [1.54, 1.807) is 0 Å². The van der Waals surface area contributed by atoms with Crippen molar-refractivity contribution in [3.8, 4) is 0 Å². The van der Waals surface area contributed by atoms with Gasteiger partial charge >= 0.3 is 0 Å². The second-order valence-electron chi connectivity index (χ2n) is 2.06. The summed E-state index contributed by atoms with van der Waals surface area (Å²) >= 11 is 11.1. The Kier molecular flexibility index (Phi) is 2.58. The number of rotatable bonds is 1. The maximum Gasteiger partial charge on any atom is 0.176 e. The molecule has 0 fully saturated rings. The summed E-state index contributed by atoms with van der Waals surface area (Å²) in [5.74, 6) is 0. The highest BCUT2D eigenvalue weighted by Gasteiger charge is 2.07. The van der Waals surface area contributed by atoms with E-state index in [0.29, 0.717) is 4.84 Å². The van der Waals surface area contributed by atoms with Crippen molar-refractivity contribution in [3.05, 3.63) is 40.3 Å². The van der Waals surface area contributed by atoms with E-state index in [-0.39, 0.29) is 0 Å². The minimum Gasteiger partial charge on any atom is -0.0929 e. The van der Waals surface area contributed by atoms with E-state index >= 15 is 0 Å². The van der Waals surface area contributed by atoms with E-state index in [2.05, 4.69) is 0 Å². The molecule has 0 aromatic carbocycles. The smallest absolute Gasteiger partial charge is 0.0929 e. The van der Waals surface area contributed by atoms with Gasteiger partial charge in [-0.3, -0.25) is 0 Å². The molecule has 0 saturated carbocycles. The van der Waals surface area contributed by atoms with Gasteiger partial charge in [-0.25, -0.2) is 0 Å². The lowest BCUT2D eigenvalue weighted by Crippen LogP contribution is -1.82. The standard InChI is InChI=1S/C8H7Cl2/c1-6(8(9)10)7-4-2-3-5-7/h2-5H,1H3. The van der Waals surface area contributed by atoms with Gasteiger partial charge in [0.15, 0.2) is 4.84 Å². The number of hydrogen-bond acceptors (Lipinski definition) is 0. The van der Waals surface area contributed by atoms with Crippen molar-refractivity contribution in [2.24, 2.45) is 0 Å². The largest absolute Gasteiger partial charge is 0.176 e. The molecule has 10 heavy (non-hydrogen) atoms. The van der Waals surface area contributed by atoms with Crippen LogP contribution in [0.4, 0.5) is 0 Å². The molecule has 1 radical (unpaired) electrons. The van der Waals surface area contributed by atoms with Crippen LogP contribution in [0.3, 0.4) is 0 Å². The van der Waals surface area contributed by atoms with Gasteiger partial charge in [0, 0.05) is 0 Å². The third-order valence-electron chi connectivity index (χ3n) is 1.38. The number of hydrogen-bond donors (Lipinski definition) is 0. The first-order valence-electron chi connectivity index (χ1n) is 2.96. The fraction of sp³-hybridized carbons (Fsp3) is 0.125. The molecule has 0 aromatic heterocycles. The van der Waals surface area contributed by atoms with Gasteiger partial charge in [-0.15, -0.1) is 0 Å². The summed E-state index contributed by atoms with van der Waals surface area (Å²) < 4.78 is 0. The summed E-state index contributed by atoms with van der Waals surface area (Å²) in [4.78, 5) is 0.339. The Morgan fingerprint density at radius 3 is 2.10 bits per heavy atom. The summed E-state index contributed by atoms with van der Waals surface area (Å²) in [6.45, 7) is 1.89. The van der Waals surface area contributed by atoms with E-state index in [0.717, 1.165) is 11.1 Å². The normalized spacial score (nSPS) is 15.4. The zero-order chi connectivity index (χ0) is 7.56. The maximum absolute atomic E-state index is 5.56. The van der Waals surface area contributed by atoms with E-state index in [1.807, 2.05) is 31.2 Å². The van der Waals surface area contributed by atoms with Crippen molar-refractivity contribution in [2.45, 2.75) is 6.92 Å². The molecule has 0 atom stereocenters. The van der Waals surface area contributed by atoms with E-state index in [9.17, 15) is 0 Å². The first-order chi connectivity index (χ1) is 4.72. The summed E-state index contributed by atoms with van der Waals surface area (Å²) in [5.41, 5.74) is 2.01. The molecular formula is C8H7Cl2. The third-order valence-corrected chi connectivity index (χ3v) is 1.95. The molecule has 2 heteroatoms. The average molecular weight is 174 g/mol. The first-order valence-corrected chi connectivity index (χ1v) is 3.71. The van der Waals surface area contributed by atoms with Crippen LogP contribution < -0.4 is 0 Å². The van der Waals surface area contributed by atoms with Crippen LogP contribution in [0.25, 0.3) is 0 Å². The van der Waals surface area contributed by atoms with Gasteiger partial charge in [-0.1, -0.05) is 47.5 Å². The molecule has 0 aliphatic heterocycles. The van der Waals surface area contributed by atoms with Gasteiger partial charge in [0.1, 0.15) is 0 Å². The van der Waals surface area contributed by atoms with Crippen molar-refractivity contribution in [3.63, 3.8) is 0 Å². The topological polar surface area (TPSA) is 0 Å². The minimum atomic E-state index is 0.339. The Bertz CT molecular complexity index is 195. The highest BCUT2D eigenvalue weighted by Crippen LogP contribution is 2.27. The van der Waals surface area contributed by atoms with Crippen molar-refractivity contribution in [1.29, 1.82) is 0 Å². The lowest BCUT2D eigenvalue weighted by Gasteiger charge is -2.00. The van der Waals surface area contributed by atoms with Crippen LogP contribution in [0.2, 0.25) is 0 Å². The molecule has 0 spiro atoms. The summed E-state index contributed by atoms with van der Waals surface area (Å²) in [7, 11) is 0. The van der Waals surface area contributed by atoms with Crippen LogP contribution >= 0.6 is 23.2 Å². The van der Waals surface area contributed by atoms with Crippen LogP contribution in [0.1, 0.15) is 6.92 Å². The van der Waals surface area contributed by atoms with Crippen LogP contribution in [-0.4, -0.2) is 0 Å². The molecule has 0 bridgehead atoms. The Labute approximate surface area is 70.8 Å². The zero-order valence-electron chi connectivity index (χ0n) is 5.57. The maximum atomic E-state index is 5.56. The molecule has 53 valence electrons. The highest BCUT2D eigenvalue weighted by molar-refractivity contribution is 6.54. The fourth-order valence-corrected chi connectivity index (χ4v) is 0.951. The van der Waals surface area contributed by atoms with E-state index < -0.39 is 0 Å². The average Bonchev–Trinajstić information content (AvgIpc) is 2.36. The molecule has 0 amide bonds. The molecule has 0 unspecified atom stereocenters. The van der Waals surface area contributed by atoms with Crippen molar-refractivity contribution in [1.82, 2.24) is 0 Å². The summed E-state index contributed by atoms with van der Waals surface area (Å²) in [5, 5.41) is 0. The SMILES string of the molecule is CC([C](Cl)Cl)=C1C=CC=C1. The molecule has 0 aromatic rings. The van der Waals surface area contributed by atoms with Gasteiger partial charge in [-0.05, 0) is 18.1 Å². The molecule has 1 rings (SSSR count). The van der Waals surface area contributed by atoms with Gasteiger partial charge in [0.05, 0.1) is 0 Å². The van der Waals surface area contributed by atoms with Gasteiger partial charge in [-0.2, -0.15) is 0 Å². The molecule has 0 nitrogen and oxygen atoms in total. The Balaban J connectivity index is 2.85. The molecule has 1 aliphatic carbocycles. The third kappa shape index (κ3) is 1.65. The van der Waals surface area contributed by atoms with Gasteiger partial charge < -0.3 is 0 Å². The summed E-state index contributed by atoms with van der Waals surface area (Å²) in [6.07, 6.45) is 7.85. The lowest BCUT2D eigenvalue weighted by atomic mass is 10.2. The molecular weight excluding hydrogens is 167 g/mol. The Morgan fingerprint density at radius 1 is 1.20 bits per heavy atom. The predicted molar refractivity (Wildman–Crippen MR) is 45.9 cm³/mol. The van der Waals surface area contributed by atoms with Crippen LogP contribution in [-0.2, 0) is 0 Å². The zero-order valence-corrected chi connectivity index (χ0v) is 7.08. The second kappa shape index (κ2) is 3.27. The van der Waals surface area contributed by atoms with Crippen molar-refractivity contribution >= 4 is 23.2 Å². The fourth-order valence-electron chi connectivity index (χ4n) is 0.733. The number of allylic oxidation sites excluding steroid dienone is 6. The van der Waals surface area contributed by atoms with Crippen LogP contribution in [0.15, 0.2) is 35.5 Å². The first kappa shape index (κ1) is 7.90. The van der Waals surface area contributed by atoms with E-state index in [1.165, 1.54) is 0 Å². The Hall–Kier alpha value is -0.200. The number of halogens is 2. The predicted octanol–water partition coefficient (Wildman–Crippen LogP) is 3.40. The molecule has 1 aliphatic rings. The quantitative estimate of drug-likeness (QED) is 0.571. The lowest BCUT2D eigenvalue weighted by molar-refractivity contribution is 1.41. The van der Waals surface area contributed by atoms with Gasteiger partial charge in [0.25, 0.3) is 0 Å². The molecule has 0 N–H and O–H groups in total. The van der Waals surface area contributed by atoms with E-state index in [4.69, 9.17) is 23.2 Å². The minimum absolute atomic E-state index is 0.339. The van der Waals surface area contributed by atoms with Gasteiger partial charge in [0.2, 0.25) is 0 Å². The van der Waals surface area contributed by atoms with Crippen LogP contribution in [0.5, 0.6) is 0 Å². The van der Waals surface area contributed by atoms with Crippen molar-refractivity contribution in [2.75, 3.05) is 0 Å². The molecule has 0 heterocycles. The van der Waals surface area contributed by atoms with Crippen molar-refractivity contribution < 1.29 is 0 Å². The second-order valence-corrected chi connectivity index (χ2v) is 3.01. The Morgan fingerprint density at radius 2 is 1.70 bits per heavy atom. The summed E-state index contributed by atoms with van der Waals surface area (Å²) in [6, 6.07) is 0. The monoisotopic (exact) mass is 173 g/mol. The van der Waals surface area contributed by atoms with Crippen LogP contribution in [0, 0.1) is 4.84 Å².